The zero-order valence-electron chi connectivity index (χ0n) is 15.4. The van der Waals surface area contributed by atoms with Crippen molar-refractivity contribution in [3.8, 4) is 11.5 Å². The molecule has 2 N–H and O–H groups in total. The van der Waals surface area contributed by atoms with Gasteiger partial charge >= 0.3 is 0 Å². The molecule has 0 saturated carbocycles. The second-order valence-electron chi connectivity index (χ2n) is 6.57. The van der Waals surface area contributed by atoms with E-state index in [9.17, 15) is 9.59 Å². The Balaban J connectivity index is 1.67. The first-order valence-corrected chi connectivity index (χ1v) is 9.88. The number of ether oxygens (including phenoxy) is 2. The van der Waals surface area contributed by atoms with Crippen molar-refractivity contribution in [1.82, 2.24) is 15.3 Å². The van der Waals surface area contributed by atoms with Gasteiger partial charge in [-0.15, -0.1) is 0 Å². The van der Waals surface area contributed by atoms with Crippen molar-refractivity contribution in [2.75, 3.05) is 19.0 Å². The van der Waals surface area contributed by atoms with Crippen molar-refractivity contribution in [3.05, 3.63) is 46.4 Å². The molecular weight excluding hydrogens is 366 g/mol. The molecule has 27 heavy (non-hydrogen) atoms. The van der Waals surface area contributed by atoms with Crippen LogP contribution in [0.3, 0.4) is 0 Å². The van der Waals surface area contributed by atoms with Gasteiger partial charge in [0.2, 0.25) is 5.91 Å². The van der Waals surface area contributed by atoms with Crippen LogP contribution in [0.2, 0.25) is 0 Å². The third kappa shape index (κ3) is 5.26. The summed E-state index contributed by atoms with van der Waals surface area (Å²) in [7, 11) is 0. The van der Waals surface area contributed by atoms with Gasteiger partial charge in [0.15, 0.2) is 16.7 Å². The van der Waals surface area contributed by atoms with Crippen molar-refractivity contribution >= 4 is 17.7 Å². The smallest absolute Gasteiger partial charge is 0.251 e. The standard InChI is InChI=1S/C19H23N3O4S/c1-12(2)18(13-4-5-14-15(10-13)26-9-3-8-25-14)21-17(24)11-27-19-20-7-6-16(23)22-19/h4-7,10,12,18H,3,8-9,11H2,1-2H3,(H,21,24)(H,20,22,23)/t18-/m1/s1. The van der Waals surface area contributed by atoms with E-state index in [1.54, 1.807) is 0 Å². The summed E-state index contributed by atoms with van der Waals surface area (Å²) in [5, 5.41) is 3.49. The summed E-state index contributed by atoms with van der Waals surface area (Å²) in [4.78, 5) is 30.4. The second-order valence-corrected chi connectivity index (χ2v) is 7.54. The number of amides is 1. The minimum absolute atomic E-state index is 0.127. The lowest BCUT2D eigenvalue weighted by Crippen LogP contribution is -2.33. The van der Waals surface area contributed by atoms with Gasteiger partial charge in [0.25, 0.3) is 5.56 Å². The number of nitrogens with zero attached hydrogens (tertiary/aromatic N) is 1. The van der Waals surface area contributed by atoms with E-state index < -0.39 is 0 Å². The summed E-state index contributed by atoms with van der Waals surface area (Å²) >= 11 is 1.19. The van der Waals surface area contributed by atoms with Gasteiger partial charge in [-0.05, 0) is 23.6 Å². The molecule has 0 aliphatic carbocycles. The van der Waals surface area contributed by atoms with Gasteiger partial charge in [0.05, 0.1) is 25.0 Å². The predicted octanol–water partition coefficient (Wildman–Crippen LogP) is 2.54. The number of hydrogen-bond acceptors (Lipinski definition) is 6. The van der Waals surface area contributed by atoms with E-state index in [1.165, 1.54) is 24.0 Å². The molecule has 0 spiro atoms. The average molecular weight is 389 g/mol. The first-order chi connectivity index (χ1) is 13.0. The Morgan fingerprint density at radius 2 is 2.04 bits per heavy atom. The van der Waals surface area contributed by atoms with Crippen molar-refractivity contribution < 1.29 is 14.3 Å². The zero-order valence-corrected chi connectivity index (χ0v) is 16.2. The molecule has 0 bridgehead atoms. The van der Waals surface area contributed by atoms with Crippen molar-refractivity contribution in [1.29, 1.82) is 0 Å². The lowest BCUT2D eigenvalue weighted by Gasteiger charge is -2.23. The third-order valence-corrected chi connectivity index (χ3v) is 4.99. The lowest BCUT2D eigenvalue weighted by atomic mass is 9.95. The molecule has 7 nitrogen and oxygen atoms in total. The van der Waals surface area contributed by atoms with E-state index in [4.69, 9.17) is 9.47 Å². The number of rotatable bonds is 6. The monoisotopic (exact) mass is 389 g/mol. The quantitative estimate of drug-likeness (QED) is 0.583. The highest BCUT2D eigenvalue weighted by molar-refractivity contribution is 7.99. The molecule has 1 aliphatic rings. The predicted molar refractivity (Wildman–Crippen MR) is 103 cm³/mol. The van der Waals surface area contributed by atoms with Crippen LogP contribution in [0.1, 0.15) is 31.9 Å². The van der Waals surface area contributed by atoms with E-state index in [0.29, 0.717) is 24.1 Å². The summed E-state index contributed by atoms with van der Waals surface area (Å²) in [6.45, 7) is 5.37. The van der Waals surface area contributed by atoms with E-state index in [1.807, 2.05) is 18.2 Å². The molecule has 1 aromatic heterocycles. The van der Waals surface area contributed by atoms with Crippen LogP contribution in [0.25, 0.3) is 0 Å². The Morgan fingerprint density at radius 3 is 2.78 bits per heavy atom. The number of benzene rings is 1. The molecule has 1 aliphatic heterocycles. The molecule has 0 saturated heterocycles. The second kappa shape index (κ2) is 8.94. The highest BCUT2D eigenvalue weighted by Crippen LogP contribution is 2.34. The number of aromatic amines is 1. The van der Waals surface area contributed by atoms with E-state index in [-0.39, 0.29) is 29.2 Å². The highest BCUT2D eigenvalue weighted by atomic mass is 32.2. The summed E-state index contributed by atoms with van der Waals surface area (Å²) in [6.07, 6.45) is 2.27. The van der Waals surface area contributed by atoms with Gasteiger partial charge in [-0.2, -0.15) is 0 Å². The minimum atomic E-state index is -0.236. The molecule has 8 heteroatoms. The van der Waals surface area contributed by atoms with Crippen LogP contribution in [-0.4, -0.2) is 34.8 Å². The molecule has 0 fully saturated rings. The first-order valence-electron chi connectivity index (χ1n) is 8.90. The molecule has 2 heterocycles. The Labute approximate surface area is 161 Å². The van der Waals surface area contributed by atoms with Crippen LogP contribution in [0, 0.1) is 5.92 Å². The Bertz CT molecular complexity index is 853. The highest BCUT2D eigenvalue weighted by Gasteiger charge is 2.21. The van der Waals surface area contributed by atoms with Gasteiger partial charge in [-0.25, -0.2) is 4.98 Å². The van der Waals surface area contributed by atoms with Crippen LogP contribution in [-0.2, 0) is 4.79 Å². The molecule has 1 amide bonds. The molecule has 0 unspecified atom stereocenters. The molecule has 1 aromatic carbocycles. The van der Waals surface area contributed by atoms with Gasteiger partial charge in [-0.3, -0.25) is 9.59 Å². The molecule has 1 atom stereocenters. The lowest BCUT2D eigenvalue weighted by molar-refractivity contribution is -0.119. The number of nitrogens with one attached hydrogen (secondary N) is 2. The maximum absolute atomic E-state index is 12.4. The van der Waals surface area contributed by atoms with E-state index in [2.05, 4.69) is 29.1 Å². The normalized spacial score (nSPS) is 14.5. The fourth-order valence-corrected chi connectivity index (χ4v) is 3.44. The van der Waals surface area contributed by atoms with Crippen LogP contribution >= 0.6 is 11.8 Å². The van der Waals surface area contributed by atoms with Crippen LogP contribution in [0.15, 0.2) is 40.4 Å². The number of carbonyl (C=O) groups is 1. The SMILES string of the molecule is CC(C)[C@@H](NC(=O)CSc1nccc(=O)[nH]1)c1ccc2c(c1)OCCCO2. The first kappa shape index (κ1) is 19.3. The Morgan fingerprint density at radius 1 is 1.26 bits per heavy atom. The number of fused-ring (bicyclic) bond motifs is 1. The van der Waals surface area contributed by atoms with Crippen molar-refractivity contribution in [3.63, 3.8) is 0 Å². The average Bonchev–Trinajstić information content (AvgIpc) is 2.89. The third-order valence-electron chi connectivity index (χ3n) is 4.10. The van der Waals surface area contributed by atoms with E-state index in [0.717, 1.165) is 17.7 Å². The van der Waals surface area contributed by atoms with Crippen LogP contribution in [0.5, 0.6) is 11.5 Å². The summed E-state index contributed by atoms with van der Waals surface area (Å²) in [6, 6.07) is 6.98. The Kier molecular flexibility index (Phi) is 6.39. The largest absolute Gasteiger partial charge is 0.490 e. The minimum Gasteiger partial charge on any atom is -0.490 e. The molecule has 0 radical (unpaired) electrons. The van der Waals surface area contributed by atoms with Crippen LogP contribution in [0.4, 0.5) is 0 Å². The molecule has 2 aromatic rings. The van der Waals surface area contributed by atoms with Gasteiger partial charge in [-0.1, -0.05) is 31.7 Å². The van der Waals surface area contributed by atoms with Crippen molar-refractivity contribution in [2.45, 2.75) is 31.5 Å². The topological polar surface area (TPSA) is 93.3 Å². The molecule has 3 rings (SSSR count). The van der Waals surface area contributed by atoms with E-state index >= 15 is 0 Å². The number of hydrogen-bond donors (Lipinski definition) is 2. The van der Waals surface area contributed by atoms with Crippen molar-refractivity contribution in [2.24, 2.45) is 5.92 Å². The number of thioether (sulfide) groups is 1. The fourth-order valence-electron chi connectivity index (χ4n) is 2.78. The number of carbonyl (C=O) groups excluding carboxylic acids is 1. The molecular formula is C19H23N3O4S. The van der Waals surface area contributed by atoms with Gasteiger partial charge in [0, 0.05) is 18.7 Å². The summed E-state index contributed by atoms with van der Waals surface area (Å²) in [5.74, 6) is 1.68. The fraction of sp³-hybridized carbons (Fsp3) is 0.421. The van der Waals surface area contributed by atoms with Crippen LogP contribution < -0.4 is 20.3 Å². The summed E-state index contributed by atoms with van der Waals surface area (Å²) < 4.78 is 11.4. The summed E-state index contributed by atoms with van der Waals surface area (Å²) in [5.41, 5.74) is 0.735. The number of H-pyrrole nitrogens is 1. The number of aromatic nitrogens is 2. The maximum Gasteiger partial charge on any atom is 0.251 e. The van der Waals surface area contributed by atoms with Gasteiger partial charge in [0.1, 0.15) is 0 Å². The Hall–Kier alpha value is -2.48. The zero-order chi connectivity index (χ0) is 19.2. The molecule has 144 valence electrons. The maximum atomic E-state index is 12.4. The van der Waals surface area contributed by atoms with Gasteiger partial charge < -0.3 is 19.8 Å².